The molecular weight excluding hydrogens is 309 g/mol. The van der Waals surface area contributed by atoms with Gasteiger partial charge < -0.3 is 14.5 Å². The van der Waals surface area contributed by atoms with Gasteiger partial charge in [0.05, 0.1) is 19.2 Å². The maximum atomic E-state index is 12.8. The highest BCUT2D eigenvalue weighted by atomic mass is 19.1. The Morgan fingerprint density at radius 3 is 2.83 bits per heavy atom. The van der Waals surface area contributed by atoms with Crippen molar-refractivity contribution in [2.45, 2.75) is 12.8 Å². The SMILES string of the molecule is COc1cccn2cc(CCNC(=O)Cc3ccc(F)cc3)nc12. The first-order chi connectivity index (χ1) is 11.7. The molecule has 0 radical (unpaired) electrons. The second-order valence-electron chi connectivity index (χ2n) is 5.44. The zero-order valence-corrected chi connectivity index (χ0v) is 13.3. The van der Waals surface area contributed by atoms with Gasteiger partial charge in [-0.3, -0.25) is 4.79 Å². The Labute approximate surface area is 139 Å². The summed E-state index contributed by atoms with van der Waals surface area (Å²) in [6, 6.07) is 9.68. The van der Waals surface area contributed by atoms with Crippen molar-refractivity contribution in [3.63, 3.8) is 0 Å². The van der Waals surface area contributed by atoms with E-state index < -0.39 is 0 Å². The van der Waals surface area contributed by atoms with Crippen LogP contribution < -0.4 is 10.1 Å². The highest BCUT2D eigenvalue weighted by Crippen LogP contribution is 2.18. The molecule has 1 N–H and O–H groups in total. The minimum absolute atomic E-state index is 0.0945. The molecule has 0 aliphatic heterocycles. The van der Waals surface area contributed by atoms with Crippen molar-refractivity contribution in [3.05, 3.63) is 65.9 Å². The molecule has 0 fully saturated rings. The van der Waals surface area contributed by atoms with E-state index in [9.17, 15) is 9.18 Å². The number of pyridine rings is 1. The molecule has 124 valence electrons. The van der Waals surface area contributed by atoms with Gasteiger partial charge in [0.25, 0.3) is 0 Å². The van der Waals surface area contributed by atoms with Gasteiger partial charge in [0.2, 0.25) is 5.91 Å². The van der Waals surface area contributed by atoms with Gasteiger partial charge in [-0.15, -0.1) is 0 Å². The van der Waals surface area contributed by atoms with Crippen LogP contribution in [0.1, 0.15) is 11.3 Å². The number of nitrogens with zero attached hydrogens (tertiary/aromatic N) is 2. The second kappa shape index (κ2) is 7.12. The van der Waals surface area contributed by atoms with Crippen LogP contribution in [0.2, 0.25) is 0 Å². The van der Waals surface area contributed by atoms with E-state index in [1.54, 1.807) is 19.2 Å². The number of imidazole rings is 1. The number of rotatable bonds is 6. The Bertz CT molecular complexity index is 843. The van der Waals surface area contributed by atoms with Crippen molar-refractivity contribution in [3.8, 4) is 5.75 Å². The molecule has 2 aromatic heterocycles. The molecule has 3 rings (SSSR count). The minimum atomic E-state index is -0.304. The molecule has 0 unspecified atom stereocenters. The number of fused-ring (bicyclic) bond motifs is 1. The number of halogens is 1. The molecule has 2 heterocycles. The lowest BCUT2D eigenvalue weighted by molar-refractivity contribution is -0.120. The number of aromatic nitrogens is 2. The summed E-state index contributed by atoms with van der Waals surface area (Å²) in [5.41, 5.74) is 2.42. The molecule has 1 aromatic carbocycles. The number of nitrogens with one attached hydrogen (secondary N) is 1. The van der Waals surface area contributed by atoms with E-state index >= 15 is 0 Å². The smallest absolute Gasteiger partial charge is 0.224 e. The summed E-state index contributed by atoms with van der Waals surface area (Å²) in [6.07, 6.45) is 4.69. The predicted octanol–water partition coefficient (Wildman–Crippen LogP) is 2.38. The van der Waals surface area contributed by atoms with Gasteiger partial charge >= 0.3 is 0 Å². The van der Waals surface area contributed by atoms with Gasteiger partial charge in [0, 0.05) is 25.4 Å². The summed E-state index contributed by atoms with van der Waals surface area (Å²) < 4.78 is 20.0. The Morgan fingerprint density at radius 2 is 2.08 bits per heavy atom. The number of carbonyl (C=O) groups excluding carboxylic acids is 1. The van der Waals surface area contributed by atoms with Crippen molar-refractivity contribution in [2.24, 2.45) is 0 Å². The number of methoxy groups -OCH3 is 1. The van der Waals surface area contributed by atoms with Gasteiger partial charge in [0.15, 0.2) is 11.4 Å². The first-order valence-corrected chi connectivity index (χ1v) is 7.67. The molecule has 0 saturated carbocycles. The summed E-state index contributed by atoms with van der Waals surface area (Å²) in [4.78, 5) is 16.4. The van der Waals surface area contributed by atoms with Crippen molar-refractivity contribution in [2.75, 3.05) is 13.7 Å². The van der Waals surface area contributed by atoms with E-state index in [0.717, 1.165) is 16.9 Å². The van der Waals surface area contributed by atoms with E-state index in [-0.39, 0.29) is 18.1 Å². The Morgan fingerprint density at radius 1 is 1.29 bits per heavy atom. The standard InChI is InChI=1S/C18H18FN3O2/c1-24-16-3-2-10-22-12-15(21-18(16)22)8-9-20-17(23)11-13-4-6-14(19)7-5-13/h2-7,10,12H,8-9,11H2,1H3,(H,20,23). The molecule has 6 heteroatoms. The van der Waals surface area contributed by atoms with Crippen molar-refractivity contribution < 1.29 is 13.9 Å². The highest BCUT2D eigenvalue weighted by Gasteiger charge is 2.07. The Balaban J connectivity index is 1.54. The van der Waals surface area contributed by atoms with Crippen molar-refractivity contribution >= 4 is 11.6 Å². The zero-order valence-electron chi connectivity index (χ0n) is 13.3. The van der Waals surface area contributed by atoms with Crippen LogP contribution in [-0.2, 0) is 17.6 Å². The summed E-state index contributed by atoms with van der Waals surface area (Å²) in [5, 5.41) is 2.85. The van der Waals surface area contributed by atoms with E-state index in [2.05, 4.69) is 10.3 Å². The average molecular weight is 327 g/mol. The molecule has 0 spiro atoms. The van der Waals surface area contributed by atoms with Crippen LogP contribution in [0.5, 0.6) is 5.75 Å². The summed E-state index contributed by atoms with van der Waals surface area (Å²) >= 11 is 0. The third-order valence-electron chi connectivity index (χ3n) is 3.70. The van der Waals surface area contributed by atoms with Crippen molar-refractivity contribution in [1.82, 2.24) is 14.7 Å². The van der Waals surface area contributed by atoms with E-state index in [1.165, 1.54) is 12.1 Å². The monoisotopic (exact) mass is 327 g/mol. The number of ether oxygens (including phenoxy) is 1. The molecule has 24 heavy (non-hydrogen) atoms. The lowest BCUT2D eigenvalue weighted by atomic mass is 10.1. The lowest BCUT2D eigenvalue weighted by Crippen LogP contribution is -2.27. The van der Waals surface area contributed by atoms with Gasteiger partial charge in [0.1, 0.15) is 5.82 Å². The normalized spacial score (nSPS) is 10.8. The fourth-order valence-corrected chi connectivity index (χ4v) is 2.50. The molecule has 0 aliphatic carbocycles. The minimum Gasteiger partial charge on any atom is -0.493 e. The van der Waals surface area contributed by atoms with Crippen LogP contribution in [0.15, 0.2) is 48.8 Å². The van der Waals surface area contributed by atoms with Crippen LogP contribution in [0.25, 0.3) is 5.65 Å². The number of benzene rings is 1. The summed E-state index contributed by atoms with van der Waals surface area (Å²) in [5.74, 6) is 0.313. The molecule has 0 saturated heterocycles. The number of hydrogen-bond donors (Lipinski definition) is 1. The number of amides is 1. The largest absolute Gasteiger partial charge is 0.493 e. The average Bonchev–Trinajstić information content (AvgIpc) is 2.99. The fourth-order valence-electron chi connectivity index (χ4n) is 2.50. The molecular formula is C18H18FN3O2. The first kappa shape index (κ1) is 16.0. The third-order valence-corrected chi connectivity index (χ3v) is 3.70. The van der Waals surface area contributed by atoms with Gasteiger partial charge in [-0.2, -0.15) is 0 Å². The summed E-state index contributed by atoms with van der Waals surface area (Å²) in [7, 11) is 1.61. The molecule has 5 nitrogen and oxygen atoms in total. The quantitative estimate of drug-likeness (QED) is 0.756. The van der Waals surface area contributed by atoms with Crippen LogP contribution in [0.4, 0.5) is 4.39 Å². The summed E-state index contributed by atoms with van der Waals surface area (Å²) in [6.45, 7) is 0.492. The van der Waals surface area contributed by atoms with Gasteiger partial charge in [-0.25, -0.2) is 9.37 Å². The van der Waals surface area contributed by atoms with Crippen LogP contribution in [-0.4, -0.2) is 28.9 Å². The maximum Gasteiger partial charge on any atom is 0.224 e. The van der Waals surface area contributed by atoms with E-state index in [1.807, 2.05) is 28.9 Å². The topological polar surface area (TPSA) is 55.6 Å². The molecule has 3 aromatic rings. The predicted molar refractivity (Wildman–Crippen MR) is 88.6 cm³/mol. The van der Waals surface area contributed by atoms with Crippen molar-refractivity contribution in [1.29, 1.82) is 0 Å². The molecule has 0 bridgehead atoms. The van der Waals surface area contributed by atoms with Crippen LogP contribution in [0, 0.1) is 5.82 Å². The first-order valence-electron chi connectivity index (χ1n) is 7.67. The fraction of sp³-hybridized carbons (Fsp3) is 0.222. The third kappa shape index (κ3) is 3.71. The Kier molecular flexibility index (Phi) is 4.74. The molecule has 1 amide bonds. The lowest BCUT2D eigenvalue weighted by Gasteiger charge is -2.04. The second-order valence-corrected chi connectivity index (χ2v) is 5.44. The maximum absolute atomic E-state index is 12.8. The molecule has 0 aliphatic rings. The van der Waals surface area contributed by atoms with Crippen LogP contribution >= 0.6 is 0 Å². The van der Waals surface area contributed by atoms with Gasteiger partial charge in [-0.05, 0) is 29.8 Å². The van der Waals surface area contributed by atoms with Crippen LogP contribution in [0.3, 0.4) is 0 Å². The van der Waals surface area contributed by atoms with E-state index in [4.69, 9.17) is 4.74 Å². The zero-order chi connectivity index (χ0) is 16.9. The molecule has 0 atom stereocenters. The number of hydrogen-bond acceptors (Lipinski definition) is 3. The van der Waals surface area contributed by atoms with Gasteiger partial charge in [-0.1, -0.05) is 12.1 Å². The highest BCUT2D eigenvalue weighted by molar-refractivity contribution is 5.78. The Hall–Kier alpha value is -2.89. The van der Waals surface area contributed by atoms with E-state index in [0.29, 0.717) is 18.7 Å². The number of carbonyl (C=O) groups is 1.